The summed E-state index contributed by atoms with van der Waals surface area (Å²) < 4.78 is 0. The number of aliphatic hydroxyl groups is 1. The Morgan fingerprint density at radius 3 is 2.64 bits per heavy atom. The van der Waals surface area contributed by atoms with Gasteiger partial charge in [-0.25, -0.2) is 4.98 Å². The van der Waals surface area contributed by atoms with Gasteiger partial charge in [0.2, 0.25) is 0 Å². The fourth-order valence-corrected chi connectivity index (χ4v) is 3.55. The highest BCUT2D eigenvalue weighted by Gasteiger charge is 2.12. The Labute approximate surface area is 136 Å². The van der Waals surface area contributed by atoms with Crippen LogP contribution >= 0.6 is 22.7 Å². The number of carbonyl (C=O) groups is 1. The van der Waals surface area contributed by atoms with Crippen LogP contribution in [0.15, 0.2) is 47.2 Å². The molecule has 1 atom stereocenters. The lowest BCUT2D eigenvalue weighted by molar-refractivity contribution is 0.102. The summed E-state index contributed by atoms with van der Waals surface area (Å²) in [5.74, 6) is -0.233. The van der Waals surface area contributed by atoms with Crippen LogP contribution in [0.3, 0.4) is 0 Å². The molecule has 3 rings (SSSR count). The molecule has 0 aliphatic heterocycles. The van der Waals surface area contributed by atoms with Crippen molar-refractivity contribution >= 4 is 34.3 Å². The number of thiophene rings is 1. The third kappa shape index (κ3) is 3.24. The van der Waals surface area contributed by atoms with Crippen molar-refractivity contribution in [1.82, 2.24) is 4.98 Å². The van der Waals surface area contributed by atoms with E-state index in [0.717, 1.165) is 15.4 Å². The summed E-state index contributed by atoms with van der Waals surface area (Å²) in [6.07, 6.45) is -0.517. The van der Waals surface area contributed by atoms with Gasteiger partial charge in [0.25, 0.3) is 5.91 Å². The number of anilines is 1. The fraction of sp³-hybridized carbons (Fsp3) is 0.125. The van der Waals surface area contributed by atoms with Gasteiger partial charge in [0.1, 0.15) is 10.7 Å². The first-order valence-electron chi connectivity index (χ1n) is 6.72. The first-order chi connectivity index (χ1) is 10.6. The van der Waals surface area contributed by atoms with Crippen LogP contribution in [0.1, 0.15) is 29.1 Å². The van der Waals surface area contributed by atoms with Crippen molar-refractivity contribution in [2.24, 2.45) is 0 Å². The molecule has 22 heavy (non-hydrogen) atoms. The largest absolute Gasteiger partial charge is 0.389 e. The van der Waals surface area contributed by atoms with Crippen molar-refractivity contribution in [3.05, 3.63) is 58.4 Å². The Balaban J connectivity index is 1.72. The van der Waals surface area contributed by atoms with E-state index in [-0.39, 0.29) is 5.91 Å². The van der Waals surface area contributed by atoms with E-state index in [4.69, 9.17) is 0 Å². The number of rotatable bonds is 4. The third-order valence-electron chi connectivity index (χ3n) is 3.12. The van der Waals surface area contributed by atoms with Gasteiger partial charge in [-0.15, -0.1) is 22.7 Å². The molecule has 0 aliphatic rings. The van der Waals surface area contributed by atoms with Crippen LogP contribution in [0.4, 0.5) is 5.69 Å². The second kappa shape index (κ2) is 6.39. The highest BCUT2D eigenvalue weighted by molar-refractivity contribution is 7.20. The number of thiazole rings is 1. The molecule has 4 nitrogen and oxygen atoms in total. The van der Waals surface area contributed by atoms with E-state index >= 15 is 0 Å². The van der Waals surface area contributed by atoms with Gasteiger partial charge in [0.05, 0.1) is 11.0 Å². The van der Waals surface area contributed by atoms with E-state index in [9.17, 15) is 9.90 Å². The van der Waals surface area contributed by atoms with Crippen LogP contribution in [0.2, 0.25) is 0 Å². The normalized spacial score (nSPS) is 12.1. The van der Waals surface area contributed by atoms with E-state index in [1.54, 1.807) is 47.9 Å². The van der Waals surface area contributed by atoms with Crippen LogP contribution in [-0.2, 0) is 0 Å². The molecule has 6 heteroatoms. The molecule has 0 unspecified atom stereocenters. The van der Waals surface area contributed by atoms with Gasteiger partial charge in [-0.1, -0.05) is 18.2 Å². The molecule has 1 amide bonds. The number of nitrogens with one attached hydrogen (secondary N) is 1. The van der Waals surface area contributed by atoms with Gasteiger partial charge in [0, 0.05) is 11.1 Å². The molecule has 2 N–H and O–H groups in total. The molecule has 0 saturated heterocycles. The second-order valence-corrected chi connectivity index (χ2v) is 6.57. The lowest BCUT2D eigenvalue weighted by Crippen LogP contribution is -2.12. The molecule has 0 bridgehead atoms. The maximum atomic E-state index is 12.2. The molecule has 2 aromatic heterocycles. The van der Waals surface area contributed by atoms with Gasteiger partial charge >= 0.3 is 0 Å². The number of hydrogen-bond acceptors (Lipinski definition) is 5. The minimum absolute atomic E-state index is 0.233. The van der Waals surface area contributed by atoms with Crippen LogP contribution in [0, 0.1) is 0 Å². The van der Waals surface area contributed by atoms with Crippen molar-refractivity contribution in [3.8, 4) is 9.88 Å². The van der Waals surface area contributed by atoms with Gasteiger partial charge in [0.15, 0.2) is 0 Å². The third-order valence-corrected chi connectivity index (χ3v) is 5.00. The van der Waals surface area contributed by atoms with Crippen LogP contribution < -0.4 is 5.32 Å². The molecule has 0 radical (unpaired) electrons. The standard InChI is InChI=1S/C16H14N2O2S2/c1-10(19)11-4-6-12(7-5-11)17-15(20)13-9-22-16(18-13)14-3-2-8-21-14/h2-10,19H,1H3,(H,17,20)/t10-/m0/s1. The number of hydrogen-bond donors (Lipinski definition) is 2. The fourth-order valence-electron chi connectivity index (χ4n) is 1.93. The molecule has 0 spiro atoms. The summed E-state index contributed by atoms with van der Waals surface area (Å²) in [5.41, 5.74) is 1.90. The number of aromatic nitrogens is 1. The maximum Gasteiger partial charge on any atom is 0.275 e. The monoisotopic (exact) mass is 330 g/mol. The van der Waals surface area contributed by atoms with Crippen LogP contribution in [0.25, 0.3) is 9.88 Å². The topological polar surface area (TPSA) is 62.2 Å². The minimum atomic E-state index is -0.517. The van der Waals surface area contributed by atoms with E-state index < -0.39 is 6.10 Å². The molecule has 0 aliphatic carbocycles. The molecule has 0 saturated carbocycles. The summed E-state index contributed by atoms with van der Waals surface area (Å²) >= 11 is 3.06. The highest BCUT2D eigenvalue weighted by atomic mass is 32.1. The van der Waals surface area contributed by atoms with E-state index in [2.05, 4.69) is 10.3 Å². The predicted molar refractivity (Wildman–Crippen MR) is 90.5 cm³/mol. The average Bonchev–Trinajstić information content (AvgIpc) is 3.19. The Morgan fingerprint density at radius 2 is 2.00 bits per heavy atom. The lowest BCUT2D eigenvalue weighted by Gasteiger charge is -2.07. The summed E-state index contributed by atoms with van der Waals surface area (Å²) in [7, 11) is 0. The Bertz CT molecular complexity index is 762. The molecule has 1 aromatic carbocycles. The Morgan fingerprint density at radius 1 is 1.23 bits per heavy atom. The van der Waals surface area contributed by atoms with E-state index in [1.807, 2.05) is 17.5 Å². The second-order valence-electron chi connectivity index (χ2n) is 4.77. The minimum Gasteiger partial charge on any atom is -0.389 e. The Kier molecular flexibility index (Phi) is 4.33. The van der Waals surface area contributed by atoms with E-state index in [1.165, 1.54) is 11.3 Å². The summed E-state index contributed by atoms with van der Waals surface area (Å²) in [5, 5.41) is 16.9. The first kappa shape index (κ1) is 14.9. The van der Waals surface area contributed by atoms with E-state index in [0.29, 0.717) is 11.4 Å². The van der Waals surface area contributed by atoms with Gasteiger partial charge in [-0.2, -0.15) is 0 Å². The van der Waals surface area contributed by atoms with Gasteiger partial charge in [-0.05, 0) is 36.1 Å². The smallest absolute Gasteiger partial charge is 0.275 e. The number of amides is 1. The molecule has 3 aromatic rings. The zero-order valence-corrected chi connectivity index (χ0v) is 13.4. The Hall–Kier alpha value is -2.02. The number of aliphatic hydroxyl groups excluding tert-OH is 1. The molecular weight excluding hydrogens is 316 g/mol. The van der Waals surface area contributed by atoms with Crippen molar-refractivity contribution in [2.75, 3.05) is 5.32 Å². The summed E-state index contributed by atoms with van der Waals surface area (Å²) in [6, 6.07) is 11.1. The summed E-state index contributed by atoms with van der Waals surface area (Å²) in [6.45, 7) is 1.70. The number of benzene rings is 1. The summed E-state index contributed by atoms with van der Waals surface area (Å²) in [4.78, 5) is 17.6. The van der Waals surface area contributed by atoms with Crippen molar-refractivity contribution < 1.29 is 9.90 Å². The highest BCUT2D eigenvalue weighted by Crippen LogP contribution is 2.28. The van der Waals surface area contributed by atoms with Crippen LogP contribution in [-0.4, -0.2) is 16.0 Å². The predicted octanol–water partition coefficient (Wildman–Crippen LogP) is 4.18. The SMILES string of the molecule is C[C@H](O)c1ccc(NC(=O)c2csc(-c3cccs3)n2)cc1. The molecule has 0 fully saturated rings. The molecule has 112 valence electrons. The number of carbonyl (C=O) groups excluding carboxylic acids is 1. The zero-order valence-electron chi connectivity index (χ0n) is 11.8. The average molecular weight is 330 g/mol. The van der Waals surface area contributed by atoms with Crippen molar-refractivity contribution in [2.45, 2.75) is 13.0 Å². The number of nitrogens with zero attached hydrogens (tertiary/aromatic N) is 1. The van der Waals surface area contributed by atoms with Crippen molar-refractivity contribution in [3.63, 3.8) is 0 Å². The zero-order chi connectivity index (χ0) is 15.5. The molecule has 2 heterocycles. The molecular formula is C16H14N2O2S2. The quantitative estimate of drug-likeness (QED) is 0.754. The van der Waals surface area contributed by atoms with Crippen molar-refractivity contribution in [1.29, 1.82) is 0 Å². The first-order valence-corrected chi connectivity index (χ1v) is 8.48. The van der Waals surface area contributed by atoms with Crippen LogP contribution in [0.5, 0.6) is 0 Å². The lowest BCUT2D eigenvalue weighted by atomic mass is 10.1. The van der Waals surface area contributed by atoms with Gasteiger partial charge < -0.3 is 10.4 Å². The maximum absolute atomic E-state index is 12.2. The van der Waals surface area contributed by atoms with Gasteiger partial charge in [-0.3, -0.25) is 4.79 Å².